The van der Waals surface area contributed by atoms with Crippen molar-refractivity contribution >= 4 is 28.6 Å². The van der Waals surface area contributed by atoms with Gasteiger partial charge in [0.05, 0.1) is 6.33 Å². The molecule has 2 heterocycles. The molecule has 3 rings (SSSR count). The SMILES string of the molecule is Nc1nc(Cl)nc2c1ncn2[C@H]1C[C@@H](CO)[C@@H]1CO. The van der Waals surface area contributed by atoms with Gasteiger partial charge in [-0.2, -0.15) is 9.97 Å². The number of rotatable bonds is 3. The van der Waals surface area contributed by atoms with Crippen LogP contribution in [0.1, 0.15) is 12.5 Å². The van der Waals surface area contributed by atoms with Crippen molar-refractivity contribution in [1.29, 1.82) is 0 Å². The second-order valence-corrected chi connectivity index (χ2v) is 5.13. The highest BCUT2D eigenvalue weighted by Crippen LogP contribution is 2.44. The van der Waals surface area contributed by atoms with Gasteiger partial charge in [-0.1, -0.05) is 0 Å². The summed E-state index contributed by atoms with van der Waals surface area (Å²) in [6.07, 6.45) is 2.40. The van der Waals surface area contributed by atoms with Gasteiger partial charge in [0, 0.05) is 25.2 Å². The number of imidazole rings is 1. The molecule has 3 atom stereocenters. The van der Waals surface area contributed by atoms with Gasteiger partial charge in [-0.15, -0.1) is 0 Å². The van der Waals surface area contributed by atoms with Crippen LogP contribution in [0.4, 0.5) is 5.82 Å². The lowest BCUT2D eigenvalue weighted by Gasteiger charge is -2.43. The molecule has 0 aromatic carbocycles. The van der Waals surface area contributed by atoms with Gasteiger partial charge in [0.1, 0.15) is 5.52 Å². The maximum atomic E-state index is 9.41. The minimum atomic E-state index is -0.00244. The monoisotopic (exact) mass is 283 g/mol. The average Bonchev–Trinajstić information content (AvgIpc) is 2.73. The Balaban J connectivity index is 2.02. The molecule has 0 bridgehead atoms. The van der Waals surface area contributed by atoms with Crippen LogP contribution in [0.2, 0.25) is 5.28 Å². The Morgan fingerprint density at radius 3 is 2.84 bits per heavy atom. The number of nitrogens with two attached hydrogens (primary N) is 1. The van der Waals surface area contributed by atoms with E-state index < -0.39 is 0 Å². The Hall–Kier alpha value is -1.44. The minimum Gasteiger partial charge on any atom is -0.396 e. The van der Waals surface area contributed by atoms with E-state index in [0.717, 1.165) is 6.42 Å². The molecule has 7 nitrogen and oxygen atoms in total. The molecule has 0 amide bonds. The summed E-state index contributed by atoms with van der Waals surface area (Å²) >= 11 is 5.81. The highest BCUT2D eigenvalue weighted by Gasteiger charge is 2.41. The van der Waals surface area contributed by atoms with Crippen LogP contribution in [0.3, 0.4) is 0 Å². The van der Waals surface area contributed by atoms with Gasteiger partial charge < -0.3 is 20.5 Å². The number of halogens is 1. The molecule has 1 aliphatic carbocycles. The van der Waals surface area contributed by atoms with Gasteiger partial charge >= 0.3 is 0 Å². The molecule has 0 radical (unpaired) electrons. The van der Waals surface area contributed by atoms with Crippen LogP contribution in [0, 0.1) is 11.8 Å². The van der Waals surface area contributed by atoms with Crippen LogP contribution in [0.25, 0.3) is 11.2 Å². The molecule has 0 unspecified atom stereocenters. The molecule has 1 saturated carbocycles. The molecule has 4 N–H and O–H groups in total. The zero-order valence-corrected chi connectivity index (χ0v) is 10.8. The standard InChI is InChI=1S/C11H14ClN5O2/c12-11-15-9(13)8-10(16-11)17(4-14-8)7-1-5(2-18)6(7)3-19/h4-7,18-19H,1-3H2,(H2,13,15,16)/t5-,6-,7-/m0/s1. The van der Waals surface area contributed by atoms with Crippen LogP contribution < -0.4 is 5.73 Å². The van der Waals surface area contributed by atoms with E-state index >= 15 is 0 Å². The molecule has 2 aromatic rings. The number of hydrogen-bond acceptors (Lipinski definition) is 6. The summed E-state index contributed by atoms with van der Waals surface area (Å²) in [5.74, 6) is 0.354. The first-order chi connectivity index (χ1) is 9.15. The van der Waals surface area contributed by atoms with E-state index in [2.05, 4.69) is 15.0 Å². The summed E-state index contributed by atoms with van der Waals surface area (Å²) in [5.41, 5.74) is 6.82. The van der Waals surface area contributed by atoms with Crippen LogP contribution in [0.5, 0.6) is 0 Å². The highest BCUT2D eigenvalue weighted by atomic mass is 35.5. The number of nitrogens with zero attached hydrogens (tertiary/aromatic N) is 4. The maximum absolute atomic E-state index is 9.41. The van der Waals surface area contributed by atoms with Gasteiger partial charge in [0.15, 0.2) is 11.5 Å². The normalized spacial score (nSPS) is 26.6. The number of aliphatic hydroxyl groups excluding tert-OH is 2. The largest absolute Gasteiger partial charge is 0.396 e. The van der Waals surface area contributed by atoms with Gasteiger partial charge in [-0.25, -0.2) is 4.98 Å². The Morgan fingerprint density at radius 1 is 1.37 bits per heavy atom. The summed E-state index contributed by atoms with van der Waals surface area (Å²) in [6.45, 7) is 0.0934. The Kier molecular flexibility index (Phi) is 3.04. The number of nitrogen functional groups attached to an aromatic ring is 1. The molecule has 0 spiro atoms. The maximum Gasteiger partial charge on any atom is 0.226 e. The van der Waals surface area contributed by atoms with Crippen LogP contribution >= 0.6 is 11.6 Å². The summed E-state index contributed by atoms with van der Waals surface area (Å²) in [6, 6.07) is 0.0533. The lowest BCUT2D eigenvalue weighted by Crippen LogP contribution is -2.42. The van der Waals surface area contributed by atoms with Crippen molar-refractivity contribution in [3.63, 3.8) is 0 Å². The van der Waals surface area contributed by atoms with Crippen molar-refractivity contribution in [2.75, 3.05) is 18.9 Å². The fourth-order valence-corrected chi connectivity index (χ4v) is 2.90. The molecule has 1 aliphatic rings. The second kappa shape index (κ2) is 4.59. The first-order valence-electron chi connectivity index (χ1n) is 6.03. The topological polar surface area (TPSA) is 110 Å². The smallest absolute Gasteiger partial charge is 0.226 e. The second-order valence-electron chi connectivity index (χ2n) is 4.79. The number of fused-ring (bicyclic) bond motifs is 1. The predicted octanol–water partition coefficient (Wildman–Crippen LogP) is 0.224. The Labute approximate surface area is 114 Å². The number of hydrogen-bond donors (Lipinski definition) is 3. The zero-order chi connectivity index (χ0) is 13.6. The van der Waals surface area contributed by atoms with Crippen molar-refractivity contribution in [2.45, 2.75) is 12.5 Å². The van der Waals surface area contributed by atoms with E-state index in [9.17, 15) is 10.2 Å². The molecule has 19 heavy (non-hydrogen) atoms. The van der Waals surface area contributed by atoms with Gasteiger partial charge in [0.2, 0.25) is 5.28 Å². The zero-order valence-electron chi connectivity index (χ0n) is 10.1. The molecule has 102 valence electrons. The third kappa shape index (κ3) is 1.85. The predicted molar refractivity (Wildman–Crippen MR) is 69.6 cm³/mol. The number of aliphatic hydroxyl groups is 2. The van der Waals surface area contributed by atoms with Gasteiger partial charge in [-0.3, -0.25) is 0 Å². The van der Waals surface area contributed by atoms with E-state index in [4.69, 9.17) is 17.3 Å². The van der Waals surface area contributed by atoms with Gasteiger partial charge in [0.25, 0.3) is 0 Å². The lowest BCUT2D eigenvalue weighted by molar-refractivity contribution is -0.00528. The van der Waals surface area contributed by atoms with Crippen molar-refractivity contribution in [3.8, 4) is 0 Å². The third-order valence-corrected chi connectivity index (χ3v) is 4.04. The first-order valence-corrected chi connectivity index (χ1v) is 6.40. The number of aromatic nitrogens is 4. The summed E-state index contributed by atoms with van der Waals surface area (Å²) in [4.78, 5) is 12.2. The average molecular weight is 284 g/mol. The highest BCUT2D eigenvalue weighted by molar-refractivity contribution is 6.28. The molecular weight excluding hydrogens is 270 g/mol. The van der Waals surface area contributed by atoms with E-state index in [1.807, 2.05) is 4.57 Å². The Morgan fingerprint density at radius 2 is 2.16 bits per heavy atom. The summed E-state index contributed by atoms with van der Waals surface area (Å²) < 4.78 is 1.85. The molecule has 1 fully saturated rings. The van der Waals surface area contributed by atoms with Crippen molar-refractivity contribution in [3.05, 3.63) is 11.6 Å². The Bertz CT molecular complexity index is 616. The first kappa shape index (κ1) is 12.6. The van der Waals surface area contributed by atoms with E-state index in [0.29, 0.717) is 11.2 Å². The molecule has 0 saturated heterocycles. The van der Waals surface area contributed by atoms with Crippen LogP contribution in [0.15, 0.2) is 6.33 Å². The van der Waals surface area contributed by atoms with Crippen LogP contribution in [-0.4, -0.2) is 42.9 Å². The van der Waals surface area contributed by atoms with E-state index in [1.165, 1.54) is 0 Å². The van der Waals surface area contributed by atoms with Gasteiger partial charge in [-0.05, 0) is 23.9 Å². The fraction of sp³-hybridized carbons (Fsp3) is 0.545. The number of anilines is 1. The molecular formula is C11H14ClN5O2. The van der Waals surface area contributed by atoms with E-state index in [-0.39, 0.29) is 42.2 Å². The summed E-state index contributed by atoms with van der Waals surface area (Å²) in [5, 5.41) is 18.7. The van der Waals surface area contributed by atoms with Crippen molar-refractivity contribution in [1.82, 2.24) is 19.5 Å². The molecule has 2 aromatic heterocycles. The van der Waals surface area contributed by atoms with Crippen LogP contribution in [-0.2, 0) is 0 Å². The quantitative estimate of drug-likeness (QED) is 0.695. The third-order valence-electron chi connectivity index (χ3n) is 3.87. The minimum absolute atomic E-state index is 0.00244. The lowest BCUT2D eigenvalue weighted by atomic mass is 9.70. The van der Waals surface area contributed by atoms with Crippen molar-refractivity contribution in [2.24, 2.45) is 11.8 Å². The summed E-state index contributed by atoms with van der Waals surface area (Å²) in [7, 11) is 0. The molecule has 8 heteroatoms. The fourth-order valence-electron chi connectivity index (χ4n) is 2.73. The molecule has 0 aliphatic heterocycles. The van der Waals surface area contributed by atoms with E-state index in [1.54, 1.807) is 6.33 Å². The van der Waals surface area contributed by atoms with Crippen molar-refractivity contribution < 1.29 is 10.2 Å².